The highest BCUT2D eigenvalue weighted by atomic mass is 16.5. The Bertz CT molecular complexity index is 242. The summed E-state index contributed by atoms with van der Waals surface area (Å²) < 4.78 is 6.13. The summed E-state index contributed by atoms with van der Waals surface area (Å²) in [5.74, 6) is 0. The van der Waals surface area contributed by atoms with Gasteiger partial charge in [0.1, 0.15) is 0 Å². The number of isocyanates is 2. The summed E-state index contributed by atoms with van der Waals surface area (Å²) in [5, 5.41) is 10.8. The first-order valence-electron chi connectivity index (χ1n) is 7.01. The first kappa shape index (κ1) is 17.7. The van der Waals surface area contributed by atoms with Gasteiger partial charge in [0.15, 0.2) is 0 Å². The molecule has 0 saturated heterocycles. The quantitative estimate of drug-likeness (QED) is 0.593. The number of rotatable bonds is 2. The van der Waals surface area contributed by atoms with E-state index in [2.05, 4.69) is 0 Å². The third kappa shape index (κ3) is 10.3. The molecule has 19 heavy (non-hydrogen) atoms. The smallest absolute Gasteiger partial charge is 0.231 e. The summed E-state index contributed by atoms with van der Waals surface area (Å²) in [6, 6.07) is 0. The van der Waals surface area contributed by atoms with E-state index in [1.54, 1.807) is 0 Å². The van der Waals surface area contributed by atoms with Crippen LogP contribution in [0.1, 0.15) is 64.2 Å². The van der Waals surface area contributed by atoms with Gasteiger partial charge in [-0.05, 0) is 25.7 Å². The third-order valence-electron chi connectivity index (χ3n) is 3.49. The van der Waals surface area contributed by atoms with E-state index in [0.29, 0.717) is 12.2 Å². The van der Waals surface area contributed by atoms with Crippen molar-refractivity contribution in [2.75, 3.05) is 0 Å². The number of hydrogen-bond donors (Lipinski definition) is 2. The van der Waals surface area contributed by atoms with Crippen LogP contribution in [-0.4, -0.2) is 24.4 Å². The SMILES string of the molecule is C1CCC(OC2CCCCC2)CC1.N=C=O.N=C=O. The zero-order valence-corrected chi connectivity index (χ0v) is 11.5. The molecule has 2 aliphatic rings. The second kappa shape index (κ2) is 13.2. The Kier molecular flexibility index (Phi) is 12.3. The molecule has 0 amide bonds. The molecule has 108 valence electrons. The molecule has 2 N–H and O–H groups in total. The van der Waals surface area contributed by atoms with Gasteiger partial charge >= 0.3 is 0 Å². The van der Waals surface area contributed by atoms with E-state index in [1.807, 2.05) is 0 Å². The van der Waals surface area contributed by atoms with Crippen LogP contribution in [0.3, 0.4) is 0 Å². The molecule has 0 radical (unpaired) electrons. The van der Waals surface area contributed by atoms with Crippen LogP contribution in [0.25, 0.3) is 0 Å². The van der Waals surface area contributed by atoms with Gasteiger partial charge in [0.2, 0.25) is 12.2 Å². The molecule has 2 saturated carbocycles. The second-order valence-corrected chi connectivity index (χ2v) is 4.86. The minimum atomic E-state index is 0.622. The average molecular weight is 268 g/mol. The molecule has 5 heteroatoms. The van der Waals surface area contributed by atoms with Crippen LogP contribution in [0.4, 0.5) is 0 Å². The Labute approximate surface area is 114 Å². The van der Waals surface area contributed by atoms with Crippen molar-refractivity contribution in [3.8, 4) is 0 Å². The van der Waals surface area contributed by atoms with E-state index in [-0.39, 0.29) is 0 Å². The van der Waals surface area contributed by atoms with Crippen molar-refractivity contribution in [2.45, 2.75) is 76.4 Å². The molecule has 0 bridgehead atoms. The van der Waals surface area contributed by atoms with Crippen LogP contribution in [-0.2, 0) is 14.3 Å². The minimum Gasteiger partial charge on any atom is -0.375 e. The largest absolute Gasteiger partial charge is 0.375 e. The normalized spacial score (nSPS) is 19.8. The van der Waals surface area contributed by atoms with Gasteiger partial charge in [-0.3, -0.25) is 0 Å². The van der Waals surface area contributed by atoms with E-state index in [0.717, 1.165) is 12.2 Å². The van der Waals surface area contributed by atoms with Crippen molar-refractivity contribution in [1.82, 2.24) is 0 Å². The van der Waals surface area contributed by atoms with Gasteiger partial charge < -0.3 is 4.74 Å². The number of nitrogens with one attached hydrogen (secondary N) is 2. The lowest BCUT2D eigenvalue weighted by Crippen LogP contribution is -2.25. The lowest BCUT2D eigenvalue weighted by atomic mass is 9.95. The highest BCUT2D eigenvalue weighted by molar-refractivity contribution is 5.26. The summed E-state index contributed by atoms with van der Waals surface area (Å²) >= 11 is 0. The Morgan fingerprint density at radius 1 is 0.684 bits per heavy atom. The zero-order chi connectivity index (χ0) is 14.3. The molecule has 0 aromatic carbocycles. The van der Waals surface area contributed by atoms with E-state index in [1.165, 1.54) is 64.2 Å². The average Bonchev–Trinajstić information content (AvgIpc) is 2.43. The fourth-order valence-electron chi connectivity index (χ4n) is 2.67. The minimum absolute atomic E-state index is 0.622. The van der Waals surface area contributed by atoms with Gasteiger partial charge in [-0.2, -0.15) is 0 Å². The monoisotopic (exact) mass is 268 g/mol. The lowest BCUT2D eigenvalue weighted by molar-refractivity contribution is -0.0450. The van der Waals surface area contributed by atoms with Crippen molar-refractivity contribution in [3.63, 3.8) is 0 Å². The maximum Gasteiger partial charge on any atom is 0.231 e. The van der Waals surface area contributed by atoms with Crippen LogP contribution in [0.2, 0.25) is 0 Å². The fourth-order valence-corrected chi connectivity index (χ4v) is 2.67. The Hall–Kier alpha value is -1.28. The van der Waals surface area contributed by atoms with Gasteiger partial charge in [-0.25, -0.2) is 20.4 Å². The van der Waals surface area contributed by atoms with Crippen LogP contribution in [0.15, 0.2) is 0 Å². The van der Waals surface area contributed by atoms with Crippen molar-refractivity contribution in [1.29, 1.82) is 10.8 Å². The molecule has 0 aromatic rings. The molecule has 0 heterocycles. The number of carbonyl (C=O) groups excluding carboxylic acids is 2. The van der Waals surface area contributed by atoms with Crippen LogP contribution in [0, 0.1) is 10.8 Å². The maximum absolute atomic E-state index is 8.35. The highest BCUT2D eigenvalue weighted by Gasteiger charge is 2.20. The molecule has 2 rings (SSSR count). The van der Waals surface area contributed by atoms with Gasteiger partial charge in [-0.1, -0.05) is 38.5 Å². The summed E-state index contributed by atoms with van der Waals surface area (Å²) in [7, 11) is 0. The molecule has 2 aliphatic carbocycles. The second-order valence-electron chi connectivity index (χ2n) is 4.86. The predicted octanol–water partition coefficient (Wildman–Crippen LogP) is 3.47. The van der Waals surface area contributed by atoms with Crippen molar-refractivity contribution < 1.29 is 14.3 Å². The molecule has 0 aliphatic heterocycles. The summed E-state index contributed by atoms with van der Waals surface area (Å²) in [6.45, 7) is 0. The third-order valence-corrected chi connectivity index (χ3v) is 3.49. The lowest BCUT2D eigenvalue weighted by Gasteiger charge is -2.29. The fraction of sp³-hybridized carbons (Fsp3) is 0.857. The first-order valence-corrected chi connectivity index (χ1v) is 7.01. The molecule has 0 unspecified atom stereocenters. The van der Waals surface area contributed by atoms with Gasteiger partial charge in [-0.15, -0.1) is 0 Å². The van der Waals surface area contributed by atoms with E-state index < -0.39 is 0 Å². The topological polar surface area (TPSA) is 91.1 Å². The van der Waals surface area contributed by atoms with Crippen molar-refractivity contribution in [2.24, 2.45) is 0 Å². The van der Waals surface area contributed by atoms with Crippen molar-refractivity contribution >= 4 is 12.2 Å². The Balaban J connectivity index is 0.000000465. The molecule has 0 atom stereocenters. The predicted molar refractivity (Wildman–Crippen MR) is 71.7 cm³/mol. The molecule has 0 aromatic heterocycles. The number of hydrogen-bond acceptors (Lipinski definition) is 5. The molecular weight excluding hydrogens is 244 g/mol. The maximum atomic E-state index is 8.35. The standard InChI is InChI=1S/C12H22O.2CHNO/c1-3-7-11(8-4-1)13-12-9-5-2-6-10-12;2*2-1-3/h11-12H,1-10H2;2*2H. The molecule has 5 nitrogen and oxygen atoms in total. The summed E-state index contributed by atoms with van der Waals surface area (Å²) in [4.78, 5) is 16.7. The van der Waals surface area contributed by atoms with Crippen LogP contribution in [0.5, 0.6) is 0 Å². The first-order chi connectivity index (χ1) is 9.28. The van der Waals surface area contributed by atoms with E-state index in [4.69, 9.17) is 25.1 Å². The highest BCUT2D eigenvalue weighted by Crippen LogP contribution is 2.26. The molecular formula is C14H24N2O3. The Morgan fingerprint density at radius 2 is 0.947 bits per heavy atom. The van der Waals surface area contributed by atoms with Crippen LogP contribution < -0.4 is 0 Å². The van der Waals surface area contributed by atoms with Crippen molar-refractivity contribution in [3.05, 3.63) is 0 Å². The molecule has 2 fully saturated rings. The molecule has 0 spiro atoms. The Morgan fingerprint density at radius 3 is 1.21 bits per heavy atom. The van der Waals surface area contributed by atoms with E-state index in [9.17, 15) is 0 Å². The summed E-state index contributed by atoms with van der Waals surface area (Å²) in [5.41, 5.74) is 0. The van der Waals surface area contributed by atoms with E-state index >= 15 is 0 Å². The van der Waals surface area contributed by atoms with Gasteiger partial charge in [0.25, 0.3) is 0 Å². The summed E-state index contributed by atoms with van der Waals surface area (Å²) in [6.07, 6.45) is 16.5. The van der Waals surface area contributed by atoms with Crippen LogP contribution >= 0.6 is 0 Å². The number of ether oxygens (including phenoxy) is 1. The van der Waals surface area contributed by atoms with Gasteiger partial charge in [0.05, 0.1) is 12.2 Å². The van der Waals surface area contributed by atoms with Gasteiger partial charge in [0, 0.05) is 0 Å². The zero-order valence-electron chi connectivity index (χ0n) is 11.5.